The van der Waals surface area contributed by atoms with Crippen molar-refractivity contribution in [1.29, 1.82) is 0 Å². The Morgan fingerprint density at radius 3 is 2.70 bits per heavy atom. The number of urea groups is 1. The van der Waals surface area contributed by atoms with Gasteiger partial charge in [-0.2, -0.15) is 0 Å². The van der Waals surface area contributed by atoms with Crippen LogP contribution in [0.5, 0.6) is 0 Å². The first-order valence-corrected chi connectivity index (χ1v) is 8.21. The number of hydrogen-bond donors (Lipinski definition) is 3. The van der Waals surface area contributed by atoms with Gasteiger partial charge in [0, 0.05) is 19.4 Å². The fourth-order valence-corrected chi connectivity index (χ4v) is 3.07. The van der Waals surface area contributed by atoms with Crippen molar-refractivity contribution in [2.75, 3.05) is 12.4 Å². The molecule has 1 aliphatic carbocycles. The Morgan fingerprint density at radius 2 is 2.04 bits per heavy atom. The summed E-state index contributed by atoms with van der Waals surface area (Å²) in [6.45, 7) is 0. The molecule has 2 aromatic heterocycles. The van der Waals surface area contributed by atoms with Crippen LogP contribution in [0.15, 0.2) is 29.9 Å². The lowest BCUT2D eigenvalue weighted by Gasteiger charge is -2.17. The standard InChI is InChI=1S/C15H17N5O2S/c1-16-13(21)10-5-8-23-14(10)20-15(22)19-11(9-3-4-9)12-17-6-2-7-18-12/h2,5-9,11H,3-4H2,1H3,(H,16,21)(H2,19,20,22). The predicted molar refractivity (Wildman–Crippen MR) is 87.4 cm³/mol. The number of rotatable bonds is 5. The van der Waals surface area contributed by atoms with Gasteiger partial charge in [-0.3, -0.25) is 10.1 Å². The number of amides is 3. The van der Waals surface area contributed by atoms with Gasteiger partial charge < -0.3 is 10.6 Å². The summed E-state index contributed by atoms with van der Waals surface area (Å²) in [5.41, 5.74) is 0.451. The maximum absolute atomic E-state index is 12.3. The molecular weight excluding hydrogens is 314 g/mol. The minimum atomic E-state index is -0.359. The van der Waals surface area contributed by atoms with Crippen molar-refractivity contribution in [3.63, 3.8) is 0 Å². The van der Waals surface area contributed by atoms with Gasteiger partial charge in [-0.15, -0.1) is 11.3 Å². The maximum Gasteiger partial charge on any atom is 0.320 e. The first-order valence-electron chi connectivity index (χ1n) is 7.33. The highest BCUT2D eigenvalue weighted by atomic mass is 32.1. The van der Waals surface area contributed by atoms with Gasteiger partial charge in [-0.1, -0.05) is 0 Å². The zero-order valence-corrected chi connectivity index (χ0v) is 13.4. The molecule has 0 radical (unpaired) electrons. The molecule has 0 saturated heterocycles. The summed E-state index contributed by atoms with van der Waals surface area (Å²) in [6.07, 6.45) is 5.43. The molecular formula is C15H17N5O2S. The van der Waals surface area contributed by atoms with Crippen molar-refractivity contribution >= 4 is 28.3 Å². The molecule has 3 rings (SSSR count). The molecule has 1 saturated carbocycles. The molecule has 8 heteroatoms. The molecule has 1 aliphatic rings. The van der Waals surface area contributed by atoms with Crippen LogP contribution in [0.3, 0.4) is 0 Å². The van der Waals surface area contributed by atoms with Crippen LogP contribution in [0.2, 0.25) is 0 Å². The topological polar surface area (TPSA) is 96.0 Å². The summed E-state index contributed by atoms with van der Waals surface area (Å²) in [7, 11) is 1.56. The maximum atomic E-state index is 12.3. The van der Waals surface area contributed by atoms with Crippen LogP contribution in [0.25, 0.3) is 0 Å². The van der Waals surface area contributed by atoms with E-state index in [0.717, 1.165) is 12.8 Å². The van der Waals surface area contributed by atoms with Crippen LogP contribution in [-0.2, 0) is 0 Å². The summed E-state index contributed by atoms with van der Waals surface area (Å²) in [6, 6.07) is 2.86. The zero-order chi connectivity index (χ0) is 16.2. The van der Waals surface area contributed by atoms with E-state index in [9.17, 15) is 9.59 Å². The molecule has 1 fully saturated rings. The minimum Gasteiger partial charge on any atom is -0.355 e. The number of nitrogens with zero attached hydrogens (tertiary/aromatic N) is 2. The summed E-state index contributed by atoms with van der Waals surface area (Å²) >= 11 is 1.30. The van der Waals surface area contributed by atoms with Gasteiger partial charge in [-0.05, 0) is 36.3 Å². The zero-order valence-electron chi connectivity index (χ0n) is 12.6. The average molecular weight is 331 g/mol. The van der Waals surface area contributed by atoms with E-state index in [2.05, 4.69) is 25.9 Å². The molecule has 23 heavy (non-hydrogen) atoms. The van der Waals surface area contributed by atoms with Gasteiger partial charge in [0.15, 0.2) is 5.82 Å². The number of hydrogen-bond acceptors (Lipinski definition) is 5. The van der Waals surface area contributed by atoms with Crippen LogP contribution in [0.4, 0.5) is 9.80 Å². The second-order valence-electron chi connectivity index (χ2n) is 5.26. The van der Waals surface area contributed by atoms with Crippen LogP contribution >= 0.6 is 11.3 Å². The molecule has 3 amide bonds. The fourth-order valence-electron chi connectivity index (χ4n) is 2.29. The number of carbonyl (C=O) groups excluding carboxylic acids is 2. The van der Waals surface area contributed by atoms with Gasteiger partial charge >= 0.3 is 6.03 Å². The first kappa shape index (κ1) is 15.4. The van der Waals surface area contributed by atoms with Crippen LogP contribution in [0, 0.1) is 5.92 Å². The minimum absolute atomic E-state index is 0.209. The van der Waals surface area contributed by atoms with Crippen LogP contribution < -0.4 is 16.0 Å². The highest BCUT2D eigenvalue weighted by molar-refractivity contribution is 7.14. The van der Waals surface area contributed by atoms with Gasteiger partial charge in [0.1, 0.15) is 5.00 Å². The monoisotopic (exact) mass is 331 g/mol. The third-order valence-corrected chi connectivity index (χ3v) is 4.44. The Morgan fingerprint density at radius 1 is 1.30 bits per heavy atom. The SMILES string of the molecule is CNC(=O)c1ccsc1NC(=O)NC(c1ncccn1)C1CC1. The fraction of sp³-hybridized carbons (Fsp3) is 0.333. The van der Waals surface area contributed by atoms with E-state index in [1.54, 1.807) is 37.0 Å². The highest BCUT2D eigenvalue weighted by Crippen LogP contribution is 2.39. The molecule has 0 aliphatic heterocycles. The summed E-state index contributed by atoms with van der Waals surface area (Å²) in [5.74, 6) is 0.749. The lowest BCUT2D eigenvalue weighted by Crippen LogP contribution is -2.35. The molecule has 0 aromatic carbocycles. The van der Waals surface area contributed by atoms with Crippen molar-refractivity contribution < 1.29 is 9.59 Å². The number of aromatic nitrogens is 2. The van der Waals surface area contributed by atoms with E-state index in [-0.39, 0.29) is 18.0 Å². The summed E-state index contributed by atoms with van der Waals surface area (Å²) in [4.78, 5) is 32.5. The lowest BCUT2D eigenvalue weighted by atomic mass is 10.1. The molecule has 2 aromatic rings. The van der Waals surface area contributed by atoms with E-state index < -0.39 is 0 Å². The van der Waals surface area contributed by atoms with Gasteiger partial charge in [-0.25, -0.2) is 14.8 Å². The van der Waals surface area contributed by atoms with Crippen molar-refractivity contribution in [3.05, 3.63) is 41.3 Å². The van der Waals surface area contributed by atoms with Gasteiger partial charge in [0.25, 0.3) is 5.91 Å². The quantitative estimate of drug-likeness (QED) is 0.782. The molecule has 1 unspecified atom stereocenters. The Labute approximate surface area is 137 Å². The number of thiophene rings is 1. The molecule has 0 bridgehead atoms. The average Bonchev–Trinajstić information content (AvgIpc) is 3.32. The van der Waals surface area contributed by atoms with E-state index >= 15 is 0 Å². The van der Waals surface area contributed by atoms with Gasteiger partial charge in [0.2, 0.25) is 0 Å². The Bertz CT molecular complexity index is 699. The van der Waals surface area contributed by atoms with E-state index in [1.807, 2.05) is 0 Å². The van der Waals surface area contributed by atoms with Crippen molar-refractivity contribution in [2.45, 2.75) is 18.9 Å². The number of anilines is 1. The Kier molecular flexibility index (Phi) is 4.52. The first-order chi connectivity index (χ1) is 11.2. The number of nitrogens with one attached hydrogen (secondary N) is 3. The smallest absolute Gasteiger partial charge is 0.320 e. The second-order valence-corrected chi connectivity index (χ2v) is 6.18. The summed E-state index contributed by atoms with van der Waals surface area (Å²) in [5, 5.41) is 10.5. The predicted octanol–water partition coefficient (Wildman–Crippen LogP) is 2.17. The van der Waals surface area contributed by atoms with E-state index in [1.165, 1.54) is 11.3 Å². The van der Waals surface area contributed by atoms with Crippen molar-refractivity contribution in [1.82, 2.24) is 20.6 Å². The van der Waals surface area contributed by atoms with E-state index in [0.29, 0.717) is 22.3 Å². The largest absolute Gasteiger partial charge is 0.355 e. The molecule has 1 atom stereocenters. The van der Waals surface area contributed by atoms with E-state index in [4.69, 9.17) is 0 Å². The van der Waals surface area contributed by atoms with Crippen LogP contribution in [-0.4, -0.2) is 29.0 Å². The lowest BCUT2D eigenvalue weighted by molar-refractivity contribution is 0.0964. The van der Waals surface area contributed by atoms with Crippen molar-refractivity contribution in [2.24, 2.45) is 5.92 Å². The molecule has 2 heterocycles. The summed E-state index contributed by atoms with van der Waals surface area (Å²) < 4.78 is 0. The normalized spacial score (nSPS) is 14.8. The Balaban J connectivity index is 1.69. The number of carbonyl (C=O) groups is 2. The van der Waals surface area contributed by atoms with Crippen molar-refractivity contribution in [3.8, 4) is 0 Å². The third kappa shape index (κ3) is 3.65. The third-order valence-electron chi connectivity index (χ3n) is 3.61. The highest BCUT2D eigenvalue weighted by Gasteiger charge is 2.35. The molecule has 7 nitrogen and oxygen atoms in total. The second kappa shape index (κ2) is 6.74. The molecule has 0 spiro atoms. The molecule has 120 valence electrons. The van der Waals surface area contributed by atoms with Gasteiger partial charge in [0.05, 0.1) is 11.6 Å². The molecule has 3 N–H and O–H groups in total. The van der Waals surface area contributed by atoms with Crippen LogP contribution in [0.1, 0.15) is 35.1 Å². The Hall–Kier alpha value is -2.48.